The van der Waals surface area contributed by atoms with Crippen molar-refractivity contribution in [3.8, 4) is 5.75 Å². The van der Waals surface area contributed by atoms with Crippen LogP contribution in [0.15, 0.2) is 18.2 Å². The Morgan fingerprint density at radius 2 is 2.14 bits per heavy atom. The molecule has 1 aliphatic heterocycles. The fraction of sp³-hybridized carbons (Fsp3) is 0.400. The summed E-state index contributed by atoms with van der Waals surface area (Å²) in [5, 5.41) is 9.05. The minimum atomic E-state index is -1.03. The van der Waals surface area contributed by atoms with Crippen LogP contribution in [0.3, 0.4) is 0 Å². The van der Waals surface area contributed by atoms with E-state index in [2.05, 4.69) is 0 Å². The van der Waals surface area contributed by atoms with Crippen molar-refractivity contribution in [3.63, 3.8) is 0 Å². The molecule has 1 aromatic rings. The van der Waals surface area contributed by atoms with Crippen molar-refractivity contribution in [2.45, 2.75) is 13.3 Å². The van der Waals surface area contributed by atoms with E-state index in [1.165, 1.54) is 18.1 Å². The third-order valence-electron chi connectivity index (χ3n) is 3.46. The molecule has 1 heterocycles. The topological polar surface area (TPSA) is 93.1 Å². The molecule has 1 atom stereocenters. The first kappa shape index (κ1) is 15.8. The molecule has 1 saturated heterocycles. The Labute approximate surface area is 127 Å². The number of hydrogen-bond donors (Lipinski definition) is 1. The van der Waals surface area contributed by atoms with Crippen LogP contribution in [-0.4, -0.2) is 43.2 Å². The Balaban J connectivity index is 2.39. The SMILES string of the molecule is CCOC(=O)c1cc(OC)ccc1N1CC(C(=O)O)CC1=O. The molecule has 0 bridgehead atoms. The molecule has 22 heavy (non-hydrogen) atoms. The van der Waals surface area contributed by atoms with E-state index in [0.29, 0.717) is 11.4 Å². The second-order valence-electron chi connectivity index (χ2n) is 4.85. The number of esters is 1. The van der Waals surface area contributed by atoms with Crippen molar-refractivity contribution in [2.75, 3.05) is 25.2 Å². The summed E-state index contributed by atoms with van der Waals surface area (Å²) >= 11 is 0. The standard InChI is InChI=1S/C15H17NO6/c1-3-22-15(20)11-7-10(21-2)4-5-12(11)16-8-9(14(18)19)6-13(16)17/h4-5,7,9H,3,6,8H2,1-2H3,(H,18,19). The minimum absolute atomic E-state index is 0.0346. The summed E-state index contributed by atoms with van der Waals surface area (Å²) in [4.78, 5) is 36.5. The predicted molar refractivity (Wildman–Crippen MR) is 77.0 cm³/mol. The highest BCUT2D eigenvalue weighted by molar-refractivity contribution is 6.05. The van der Waals surface area contributed by atoms with E-state index in [1.807, 2.05) is 0 Å². The van der Waals surface area contributed by atoms with E-state index in [-0.39, 0.29) is 31.0 Å². The lowest BCUT2D eigenvalue weighted by molar-refractivity contribution is -0.141. The van der Waals surface area contributed by atoms with Gasteiger partial charge in [-0.2, -0.15) is 0 Å². The Bertz CT molecular complexity index is 612. The zero-order chi connectivity index (χ0) is 16.3. The normalized spacial score (nSPS) is 17.5. The molecule has 1 N–H and O–H groups in total. The van der Waals surface area contributed by atoms with E-state index in [1.54, 1.807) is 19.1 Å². The fourth-order valence-corrected chi connectivity index (χ4v) is 2.36. The van der Waals surface area contributed by atoms with Crippen LogP contribution in [0.5, 0.6) is 5.75 Å². The van der Waals surface area contributed by atoms with Gasteiger partial charge < -0.3 is 19.5 Å². The van der Waals surface area contributed by atoms with Gasteiger partial charge in [0.15, 0.2) is 0 Å². The first-order valence-electron chi connectivity index (χ1n) is 6.86. The number of amides is 1. The molecule has 1 aromatic carbocycles. The molecule has 0 radical (unpaired) electrons. The van der Waals surface area contributed by atoms with Crippen molar-refractivity contribution >= 4 is 23.5 Å². The summed E-state index contributed by atoms with van der Waals surface area (Å²) < 4.78 is 10.1. The molecule has 1 unspecified atom stereocenters. The second-order valence-corrected chi connectivity index (χ2v) is 4.85. The number of methoxy groups -OCH3 is 1. The van der Waals surface area contributed by atoms with Crippen LogP contribution in [0.2, 0.25) is 0 Å². The Kier molecular flexibility index (Phi) is 4.65. The van der Waals surface area contributed by atoms with Crippen LogP contribution in [0, 0.1) is 5.92 Å². The van der Waals surface area contributed by atoms with Crippen LogP contribution >= 0.6 is 0 Å². The number of nitrogens with zero attached hydrogens (tertiary/aromatic N) is 1. The number of ether oxygens (including phenoxy) is 2. The van der Waals surface area contributed by atoms with Crippen molar-refractivity contribution in [3.05, 3.63) is 23.8 Å². The zero-order valence-corrected chi connectivity index (χ0v) is 12.4. The molecule has 1 fully saturated rings. The van der Waals surface area contributed by atoms with Gasteiger partial charge in [0.1, 0.15) is 5.75 Å². The van der Waals surface area contributed by atoms with Crippen molar-refractivity contribution in [2.24, 2.45) is 5.92 Å². The monoisotopic (exact) mass is 307 g/mol. The molecule has 7 heteroatoms. The quantitative estimate of drug-likeness (QED) is 0.824. The van der Waals surface area contributed by atoms with Crippen LogP contribution in [0.1, 0.15) is 23.7 Å². The first-order chi connectivity index (χ1) is 10.5. The van der Waals surface area contributed by atoms with E-state index >= 15 is 0 Å². The summed E-state index contributed by atoms with van der Waals surface area (Å²) in [6, 6.07) is 4.65. The Hall–Kier alpha value is -2.57. The van der Waals surface area contributed by atoms with Crippen LogP contribution < -0.4 is 9.64 Å². The summed E-state index contributed by atoms with van der Waals surface area (Å²) in [6.45, 7) is 1.91. The number of hydrogen-bond acceptors (Lipinski definition) is 5. The van der Waals surface area contributed by atoms with Gasteiger partial charge >= 0.3 is 11.9 Å². The molecule has 7 nitrogen and oxygen atoms in total. The van der Waals surface area contributed by atoms with E-state index in [0.717, 1.165) is 0 Å². The summed E-state index contributed by atoms with van der Waals surface area (Å²) in [6.07, 6.45) is -0.0797. The summed E-state index contributed by atoms with van der Waals surface area (Å²) in [7, 11) is 1.46. The minimum Gasteiger partial charge on any atom is -0.497 e. The highest BCUT2D eigenvalue weighted by Crippen LogP contribution is 2.31. The van der Waals surface area contributed by atoms with Gasteiger partial charge in [-0.05, 0) is 25.1 Å². The number of carboxylic acids is 1. The average Bonchev–Trinajstić information content (AvgIpc) is 2.89. The lowest BCUT2D eigenvalue weighted by atomic mass is 10.1. The average molecular weight is 307 g/mol. The molecular formula is C15H17NO6. The lowest BCUT2D eigenvalue weighted by Gasteiger charge is -2.20. The second kappa shape index (κ2) is 6.46. The van der Waals surface area contributed by atoms with Gasteiger partial charge in [-0.3, -0.25) is 9.59 Å². The van der Waals surface area contributed by atoms with E-state index in [9.17, 15) is 14.4 Å². The number of aliphatic carboxylic acids is 1. The maximum absolute atomic E-state index is 12.1. The zero-order valence-electron chi connectivity index (χ0n) is 12.4. The molecule has 0 saturated carbocycles. The number of carboxylic acid groups (broad SMARTS) is 1. The number of benzene rings is 1. The van der Waals surface area contributed by atoms with E-state index < -0.39 is 17.9 Å². The maximum atomic E-state index is 12.1. The molecule has 0 aliphatic carbocycles. The predicted octanol–water partition coefficient (Wildman–Crippen LogP) is 1.31. The third kappa shape index (κ3) is 3.03. The summed E-state index contributed by atoms with van der Waals surface area (Å²) in [5.74, 6) is -2.26. The van der Waals surface area contributed by atoms with Crippen molar-refractivity contribution in [1.29, 1.82) is 0 Å². The van der Waals surface area contributed by atoms with Crippen molar-refractivity contribution < 1.29 is 29.0 Å². The number of carbonyl (C=O) groups excluding carboxylic acids is 2. The maximum Gasteiger partial charge on any atom is 0.340 e. The fourth-order valence-electron chi connectivity index (χ4n) is 2.36. The molecular weight excluding hydrogens is 290 g/mol. The number of rotatable bonds is 5. The van der Waals surface area contributed by atoms with Gasteiger partial charge in [-0.25, -0.2) is 4.79 Å². The van der Waals surface area contributed by atoms with Crippen molar-refractivity contribution in [1.82, 2.24) is 0 Å². The van der Waals surface area contributed by atoms with Gasteiger partial charge in [-0.15, -0.1) is 0 Å². The molecule has 0 aromatic heterocycles. The van der Waals surface area contributed by atoms with Gasteiger partial charge in [0, 0.05) is 13.0 Å². The number of anilines is 1. The van der Waals surface area contributed by atoms with Crippen LogP contribution in [0.25, 0.3) is 0 Å². The largest absolute Gasteiger partial charge is 0.497 e. The van der Waals surface area contributed by atoms with Gasteiger partial charge in [0.2, 0.25) is 5.91 Å². The third-order valence-corrected chi connectivity index (χ3v) is 3.46. The van der Waals surface area contributed by atoms with Gasteiger partial charge in [0.05, 0.1) is 30.9 Å². The molecule has 1 aliphatic rings. The van der Waals surface area contributed by atoms with E-state index in [4.69, 9.17) is 14.6 Å². The molecule has 0 spiro atoms. The first-order valence-corrected chi connectivity index (χ1v) is 6.86. The lowest BCUT2D eigenvalue weighted by Crippen LogP contribution is -2.27. The smallest absolute Gasteiger partial charge is 0.340 e. The van der Waals surface area contributed by atoms with Crippen LogP contribution in [-0.2, 0) is 14.3 Å². The Morgan fingerprint density at radius 1 is 1.41 bits per heavy atom. The molecule has 1 amide bonds. The highest BCUT2D eigenvalue weighted by atomic mass is 16.5. The molecule has 2 rings (SSSR count). The van der Waals surface area contributed by atoms with Gasteiger partial charge in [-0.1, -0.05) is 0 Å². The van der Waals surface area contributed by atoms with Gasteiger partial charge in [0.25, 0.3) is 0 Å². The number of carbonyl (C=O) groups is 3. The summed E-state index contributed by atoms with van der Waals surface area (Å²) in [5.41, 5.74) is 0.522. The highest BCUT2D eigenvalue weighted by Gasteiger charge is 2.36. The van der Waals surface area contributed by atoms with Crippen LogP contribution in [0.4, 0.5) is 5.69 Å². The molecule has 118 valence electrons. The Morgan fingerprint density at radius 3 is 2.68 bits per heavy atom.